The molecule has 138 valence electrons. The van der Waals surface area contributed by atoms with E-state index >= 15 is 0 Å². The molecule has 2 aromatic carbocycles. The van der Waals surface area contributed by atoms with Crippen molar-refractivity contribution in [3.8, 4) is 11.1 Å². The molecule has 5 heteroatoms. The lowest BCUT2D eigenvalue weighted by Crippen LogP contribution is -2.47. The molecular weight excluding hydrogens is 390 g/mol. The Balaban J connectivity index is 1.90. The molecule has 0 amide bonds. The predicted octanol–water partition coefficient (Wildman–Crippen LogP) is 6.76. The predicted molar refractivity (Wildman–Crippen MR) is 119 cm³/mol. The maximum atomic E-state index is 13.0. The van der Waals surface area contributed by atoms with Gasteiger partial charge in [0, 0.05) is 22.4 Å². The second-order valence-electron chi connectivity index (χ2n) is 7.57. The van der Waals surface area contributed by atoms with E-state index in [-0.39, 0.29) is 11.3 Å². The third-order valence-corrected chi connectivity index (χ3v) is 8.57. The normalized spacial score (nSPS) is 14.6. The molecule has 0 saturated carbocycles. The molecule has 0 radical (unpaired) electrons. The van der Waals surface area contributed by atoms with E-state index in [1.54, 1.807) is 20.7 Å². The number of rotatable bonds is 3. The van der Waals surface area contributed by atoms with Crippen molar-refractivity contribution in [3.05, 3.63) is 67.9 Å². The Morgan fingerprint density at radius 2 is 1.81 bits per heavy atom. The van der Waals surface area contributed by atoms with Crippen molar-refractivity contribution in [2.24, 2.45) is 0 Å². The Bertz CT molecular complexity index is 1090. The van der Waals surface area contributed by atoms with Gasteiger partial charge in [-0.3, -0.25) is 4.79 Å². The number of benzene rings is 2. The number of aryl methyl sites for hydroxylation is 2. The minimum Gasteiger partial charge on any atom is -0.353 e. The first-order valence-corrected chi connectivity index (χ1v) is 11.5. The number of carbonyl (C=O) groups excluding carboxylic acids is 1. The van der Waals surface area contributed by atoms with Crippen LogP contribution in [0.5, 0.6) is 0 Å². The summed E-state index contributed by atoms with van der Waals surface area (Å²) < 4.78 is 0.948. The lowest BCUT2D eigenvalue weighted by Gasteiger charge is -2.45. The maximum Gasteiger partial charge on any atom is 0.182 e. The quantitative estimate of drug-likeness (QED) is 0.270. The summed E-state index contributed by atoms with van der Waals surface area (Å²) in [4.78, 5) is 16.6. The van der Waals surface area contributed by atoms with E-state index in [2.05, 4.69) is 44.7 Å². The minimum absolute atomic E-state index is 0.136. The molecule has 0 spiro atoms. The van der Waals surface area contributed by atoms with Crippen LogP contribution in [-0.2, 0) is 5.54 Å². The van der Waals surface area contributed by atoms with Gasteiger partial charge in [-0.25, -0.2) is 0 Å². The van der Waals surface area contributed by atoms with Crippen LogP contribution in [0.15, 0.2) is 42.5 Å². The summed E-state index contributed by atoms with van der Waals surface area (Å²) in [5.74, 6) is 0.136. The zero-order valence-corrected chi connectivity index (χ0v) is 18.3. The smallest absolute Gasteiger partial charge is 0.182 e. The van der Waals surface area contributed by atoms with Gasteiger partial charge in [-0.15, -0.1) is 0 Å². The maximum absolute atomic E-state index is 13.0. The van der Waals surface area contributed by atoms with E-state index in [0.29, 0.717) is 6.54 Å². The van der Waals surface area contributed by atoms with Crippen LogP contribution in [-0.4, -0.2) is 12.3 Å². The highest BCUT2D eigenvalue weighted by Crippen LogP contribution is 2.53. The first-order chi connectivity index (χ1) is 12.8. The molecule has 0 unspecified atom stereocenters. The standard InChI is InChI=1S/C22H21NOS3/c1-13-10-14(2)19-16(11-13)18-20(26-27-21(18)25)22(3,4)23(19)12-17(24)15-8-6-5-7-9-15/h5-11H,12H2,1-4H3. The Kier molecular flexibility index (Phi) is 4.57. The van der Waals surface area contributed by atoms with E-state index in [1.165, 1.54) is 27.1 Å². The molecular formula is C22H21NOS3. The summed E-state index contributed by atoms with van der Waals surface area (Å²) in [5, 5.41) is 0. The first kappa shape index (κ1) is 18.5. The summed E-state index contributed by atoms with van der Waals surface area (Å²) >= 11 is 5.68. The van der Waals surface area contributed by atoms with Crippen molar-refractivity contribution in [1.29, 1.82) is 0 Å². The summed E-state index contributed by atoms with van der Waals surface area (Å²) in [6.45, 7) is 8.99. The zero-order valence-electron chi connectivity index (χ0n) is 15.8. The van der Waals surface area contributed by atoms with Gasteiger partial charge in [0.2, 0.25) is 0 Å². The van der Waals surface area contributed by atoms with Crippen molar-refractivity contribution < 1.29 is 4.79 Å². The van der Waals surface area contributed by atoms with Crippen LogP contribution in [0.2, 0.25) is 0 Å². The average molecular weight is 412 g/mol. The molecule has 4 rings (SSSR count). The molecule has 1 aliphatic rings. The van der Waals surface area contributed by atoms with Crippen molar-refractivity contribution in [3.63, 3.8) is 0 Å². The van der Waals surface area contributed by atoms with Gasteiger partial charge in [0.05, 0.1) is 17.0 Å². The average Bonchev–Trinajstić information content (AvgIpc) is 3.02. The molecule has 0 fully saturated rings. The number of carbonyl (C=O) groups is 1. The van der Waals surface area contributed by atoms with Crippen LogP contribution in [0.3, 0.4) is 0 Å². The zero-order chi connectivity index (χ0) is 19.3. The van der Waals surface area contributed by atoms with Crippen LogP contribution in [0.1, 0.15) is 40.2 Å². The first-order valence-electron chi connectivity index (χ1n) is 8.92. The topological polar surface area (TPSA) is 20.3 Å². The summed E-state index contributed by atoms with van der Waals surface area (Å²) in [7, 11) is 3.41. The van der Waals surface area contributed by atoms with Crippen molar-refractivity contribution in [1.82, 2.24) is 0 Å². The Morgan fingerprint density at radius 3 is 2.52 bits per heavy atom. The second-order valence-corrected chi connectivity index (χ2v) is 10.4. The molecule has 3 aromatic rings. The van der Waals surface area contributed by atoms with Crippen molar-refractivity contribution in [2.75, 3.05) is 11.4 Å². The highest BCUT2D eigenvalue weighted by atomic mass is 32.9. The van der Waals surface area contributed by atoms with Gasteiger partial charge in [0.1, 0.15) is 3.82 Å². The molecule has 1 aromatic heterocycles. The lowest BCUT2D eigenvalue weighted by molar-refractivity contribution is 0.0993. The minimum atomic E-state index is -0.287. The largest absolute Gasteiger partial charge is 0.353 e. The summed E-state index contributed by atoms with van der Waals surface area (Å²) in [5.41, 5.74) is 6.38. The van der Waals surface area contributed by atoms with E-state index in [1.807, 2.05) is 30.3 Å². The fraction of sp³-hybridized carbons (Fsp3) is 0.273. The fourth-order valence-electron chi connectivity index (χ4n) is 3.94. The van der Waals surface area contributed by atoms with E-state index in [9.17, 15) is 4.79 Å². The molecule has 1 aliphatic heterocycles. The van der Waals surface area contributed by atoms with Gasteiger partial charge < -0.3 is 4.90 Å². The second kappa shape index (κ2) is 6.66. The Labute approximate surface area is 172 Å². The molecule has 0 aliphatic carbocycles. The molecule has 2 nitrogen and oxygen atoms in total. The van der Waals surface area contributed by atoms with Crippen LogP contribution in [0, 0.1) is 17.7 Å². The number of anilines is 1. The molecule has 0 N–H and O–H groups in total. The Hall–Kier alpha value is -1.82. The number of hydrogen-bond acceptors (Lipinski definition) is 5. The molecule has 2 heterocycles. The van der Waals surface area contributed by atoms with Crippen LogP contribution in [0.4, 0.5) is 5.69 Å². The molecule has 0 atom stereocenters. The van der Waals surface area contributed by atoms with Crippen molar-refractivity contribution in [2.45, 2.75) is 33.2 Å². The highest BCUT2D eigenvalue weighted by Gasteiger charge is 2.41. The summed E-state index contributed by atoms with van der Waals surface area (Å²) in [6.07, 6.45) is 0. The number of nitrogens with zero attached hydrogens (tertiary/aromatic N) is 1. The van der Waals surface area contributed by atoms with Crippen LogP contribution < -0.4 is 4.90 Å². The van der Waals surface area contributed by atoms with Crippen LogP contribution in [0.25, 0.3) is 11.1 Å². The summed E-state index contributed by atoms with van der Waals surface area (Å²) in [6, 6.07) is 14.0. The number of ketones is 1. The van der Waals surface area contributed by atoms with Gasteiger partial charge in [0.25, 0.3) is 0 Å². The monoisotopic (exact) mass is 411 g/mol. The van der Waals surface area contributed by atoms with Gasteiger partial charge in [-0.1, -0.05) is 74.9 Å². The SMILES string of the molecule is Cc1cc(C)c2c(c1)-c1c(ssc1=S)C(C)(C)N2CC(=O)c1ccccc1. The third kappa shape index (κ3) is 2.98. The Morgan fingerprint density at radius 1 is 1.11 bits per heavy atom. The van der Waals surface area contributed by atoms with E-state index in [0.717, 1.165) is 15.1 Å². The van der Waals surface area contributed by atoms with Gasteiger partial charge >= 0.3 is 0 Å². The molecule has 0 saturated heterocycles. The van der Waals surface area contributed by atoms with E-state index in [4.69, 9.17) is 12.2 Å². The van der Waals surface area contributed by atoms with Gasteiger partial charge in [0.15, 0.2) is 5.78 Å². The number of fused-ring (bicyclic) bond motifs is 3. The third-order valence-electron chi connectivity index (χ3n) is 5.24. The molecule has 0 bridgehead atoms. The fourth-order valence-corrected chi connectivity index (χ4v) is 7.24. The van der Waals surface area contributed by atoms with Gasteiger partial charge in [-0.2, -0.15) is 0 Å². The highest BCUT2D eigenvalue weighted by molar-refractivity contribution is 7.80. The van der Waals surface area contributed by atoms with Crippen LogP contribution >= 0.6 is 32.9 Å². The van der Waals surface area contributed by atoms with Crippen molar-refractivity contribution >= 4 is 44.4 Å². The van der Waals surface area contributed by atoms with Gasteiger partial charge in [-0.05, 0) is 39.3 Å². The van der Waals surface area contributed by atoms with E-state index < -0.39 is 0 Å². The number of Topliss-reactive ketones (excluding diaryl/α,β-unsaturated/α-hetero) is 1. The molecule has 27 heavy (non-hydrogen) atoms. The number of hydrogen-bond donors (Lipinski definition) is 0. The lowest BCUT2D eigenvalue weighted by atomic mass is 9.85.